The maximum atomic E-state index is 4.91. The molecule has 1 aromatic rings. The molecule has 0 radical (unpaired) electrons. The summed E-state index contributed by atoms with van der Waals surface area (Å²) in [5.74, 6) is 3.21. The van der Waals surface area contributed by atoms with Gasteiger partial charge in [0, 0.05) is 12.5 Å². The molecular weight excluding hydrogens is 326 g/mol. The Morgan fingerprint density at radius 1 is 1.19 bits per heavy atom. The van der Waals surface area contributed by atoms with Gasteiger partial charge in [-0.15, -0.1) is 0 Å². The molecule has 0 unspecified atom stereocenters. The van der Waals surface area contributed by atoms with E-state index in [0.717, 1.165) is 35.5 Å². The summed E-state index contributed by atoms with van der Waals surface area (Å²) < 4.78 is 1.06. The second-order valence-corrected chi connectivity index (χ2v) is 7.34. The van der Waals surface area contributed by atoms with Crippen LogP contribution in [0.1, 0.15) is 76.7 Å². The highest BCUT2D eigenvalue weighted by atomic mass is 79.9. The molecule has 4 heteroatoms. The lowest BCUT2D eigenvalue weighted by molar-refractivity contribution is 0.427. The van der Waals surface area contributed by atoms with Crippen LogP contribution in [0, 0.1) is 5.92 Å². The lowest BCUT2D eigenvalue weighted by atomic mass is 9.88. The number of nitrogens with one attached hydrogen (secondary N) is 1. The van der Waals surface area contributed by atoms with E-state index in [0.29, 0.717) is 11.8 Å². The Kier molecular flexibility index (Phi) is 6.46. The second-order valence-electron chi connectivity index (χ2n) is 6.55. The van der Waals surface area contributed by atoms with Crippen molar-refractivity contribution in [1.82, 2.24) is 9.97 Å². The van der Waals surface area contributed by atoms with Crippen LogP contribution in [0.15, 0.2) is 4.47 Å². The predicted octanol–water partition coefficient (Wildman–Crippen LogP) is 5.31. The molecule has 1 aliphatic carbocycles. The van der Waals surface area contributed by atoms with Crippen molar-refractivity contribution in [2.24, 2.45) is 5.92 Å². The third kappa shape index (κ3) is 4.67. The number of rotatable bonds is 6. The Hall–Kier alpha value is -0.640. The van der Waals surface area contributed by atoms with Crippen molar-refractivity contribution in [3.05, 3.63) is 16.0 Å². The van der Waals surface area contributed by atoms with Gasteiger partial charge >= 0.3 is 0 Å². The monoisotopic (exact) mass is 353 g/mol. The first-order valence-electron chi connectivity index (χ1n) is 8.42. The number of nitrogens with zero attached hydrogens (tertiary/aromatic N) is 2. The fraction of sp³-hybridized carbons (Fsp3) is 0.765. The van der Waals surface area contributed by atoms with Crippen LogP contribution < -0.4 is 5.32 Å². The Bertz CT molecular complexity index is 454. The Balaban J connectivity index is 2.29. The molecule has 2 rings (SSSR count). The van der Waals surface area contributed by atoms with Gasteiger partial charge in [-0.25, -0.2) is 9.97 Å². The molecule has 0 spiro atoms. The summed E-state index contributed by atoms with van der Waals surface area (Å²) in [5.41, 5.74) is 1.17. The molecule has 0 aliphatic heterocycles. The average molecular weight is 354 g/mol. The summed E-state index contributed by atoms with van der Waals surface area (Å²) in [6, 6.07) is 0. The quantitative estimate of drug-likeness (QED) is 0.753. The van der Waals surface area contributed by atoms with Gasteiger partial charge in [-0.2, -0.15) is 0 Å². The van der Waals surface area contributed by atoms with Gasteiger partial charge in [0.05, 0.1) is 10.2 Å². The van der Waals surface area contributed by atoms with Gasteiger partial charge in [0.15, 0.2) is 0 Å². The van der Waals surface area contributed by atoms with Crippen LogP contribution in [-0.4, -0.2) is 16.5 Å². The molecule has 1 N–H and O–H groups in total. The zero-order valence-electron chi connectivity index (χ0n) is 13.6. The van der Waals surface area contributed by atoms with Gasteiger partial charge < -0.3 is 5.32 Å². The maximum Gasteiger partial charge on any atom is 0.144 e. The molecule has 1 heterocycles. The summed E-state index contributed by atoms with van der Waals surface area (Å²) in [6.07, 6.45) is 8.61. The van der Waals surface area contributed by atoms with Crippen LogP contribution in [0.3, 0.4) is 0 Å². The first kappa shape index (κ1) is 16.7. The summed E-state index contributed by atoms with van der Waals surface area (Å²) in [7, 11) is 0. The second kappa shape index (κ2) is 8.11. The van der Waals surface area contributed by atoms with E-state index in [4.69, 9.17) is 9.97 Å². The van der Waals surface area contributed by atoms with Gasteiger partial charge in [-0.05, 0) is 47.5 Å². The highest BCUT2D eigenvalue weighted by Gasteiger charge is 2.21. The van der Waals surface area contributed by atoms with Crippen molar-refractivity contribution in [3.8, 4) is 0 Å². The van der Waals surface area contributed by atoms with E-state index in [2.05, 4.69) is 42.0 Å². The van der Waals surface area contributed by atoms with Gasteiger partial charge in [-0.3, -0.25) is 0 Å². The fourth-order valence-corrected chi connectivity index (χ4v) is 3.42. The minimum atomic E-state index is 0.555. The van der Waals surface area contributed by atoms with Crippen LogP contribution in [0.4, 0.5) is 5.82 Å². The number of halogens is 1. The zero-order chi connectivity index (χ0) is 15.2. The van der Waals surface area contributed by atoms with Crippen molar-refractivity contribution in [1.29, 1.82) is 0 Å². The molecule has 21 heavy (non-hydrogen) atoms. The molecule has 0 aromatic carbocycles. The molecule has 1 aliphatic rings. The van der Waals surface area contributed by atoms with Crippen molar-refractivity contribution in [3.63, 3.8) is 0 Å². The van der Waals surface area contributed by atoms with E-state index in [9.17, 15) is 0 Å². The molecule has 1 fully saturated rings. The predicted molar refractivity (Wildman–Crippen MR) is 92.9 cm³/mol. The molecule has 1 saturated carbocycles. The van der Waals surface area contributed by atoms with E-state index < -0.39 is 0 Å². The number of hydrogen-bond acceptors (Lipinski definition) is 3. The third-order valence-corrected chi connectivity index (χ3v) is 4.88. The number of hydrogen-bond donors (Lipinski definition) is 1. The molecule has 0 saturated heterocycles. The lowest BCUT2D eigenvalue weighted by Crippen LogP contribution is -2.14. The zero-order valence-corrected chi connectivity index (χ0v) is 15.2. The minimum Gasteiger partial charge on any atom is -0.369 e. The average Bonchev–Trinajstić information content (AvgIpc) is 2.48. The van der Waals surface area contributed by atoms with Crippen molar-refractivity contribution in [2.75, 3.05) is 11.9 Å². The first-order chi connectivity index (χ1) is 10.1. The largest absolute Gasteiger partial charge is 0.369 e. The van der Waals surface area contributed by atoms with E-state index in [-0.39, 0.29) is 0 Å². The Morgan fingerprint density at radius 2 is 1.90 bits per heavy atom. The van der Waals surface area contributed by atoms with Crippen LogP contribution in [-0.2, 0) is 6.42 Å². The number of aromatic nitrogens is 2. The van der Waals surface area contributed by atoms with Crippen LogP contribution in [0.5, 0.6) is 0 Å². The SMILES string of the molecule is CCCNc1nc(C2CCCCC2)nc(CC(C)C)c1Br. The molecule has 0 amide bonds. The first-order valence-corrected chi connectivity index (χ1v) is 9.21. The molecule has 1 aromatic heterocycles. The Labute approximate surface area is 137 Å². The summed E-state index contributed by atoms with van der Waals surface area (Å²) >= 11 is 3.71. The molecule has 118 valence electrons. The van der Waals surface area contributed by atoms with Gasteiger partial charge in [0.2, 0.25) is 0 Å². The highest BCUT2D eigenvalue weighted by molar-refractivity contribution is 9.10. The minimum absolute atomic E-state index is 0.555. The highest BCUT2D eigenvalue weighted by Crippen LogP contribution is 2.34. The van der Waals surface area contributed by atoms with Crippen molar-refractivity contribution >= 4 is 21.7 Å². The fourth-order valence-electron chi connectivity index (χ4n) is 2.94. The van der Waals surface area contributed by atoms with Gasteiger partial charge in [-0.1, -0.05) is 40.0 Å². The van der Waals surface area contributed by atoms with Crippen LogP contribution in [0.2, 0.25) is 0 Å². The summed E-state index contributed by atoms with van der Waals surface area (Å²) in [6.45, 7) is 7.63. The van der Waals surface area contributed by atoms with Crippen LogP contribution in [0.25, 0.3) is 0 Å². The topological polar surface area (TPSA) is 37.8 Å². The molecule has 3 nitrogen and oxygen atoms in total. The maximum absolute atomic E-state index is 4.91. The van der Waals surface area contributed by atoms with Crippen LogP contribution >= 0.6 is 15.9 Å². The normalized spacial score (nSPS) is 16.4. The summed E-state index contributed by atoms with van der Waals surface area (Å²) in [5, 5.41) is 3.46. The van der Waals surface area contributed by atoms with Gasteiger partial charge in [0.1, 0.15) is 11.6 Å². The molecular formula is C17H28BrN3. The lowest BCUT2D eigenvalue weighted by Gasteiger charge is -2.22. The van der Waals surface area contributed by atoms with Crippen molar-refractivity contribution in [2.45, 2.75) is 71.6 Å². The van der Waals surface area contributed by atoms with Crippen molar-refractivity contribution < 1.29 is 0 Å². The van der Waals surface area contributed by atoms with E-state index in [1.165, 1.54) is 37.8 Å². The standard InChI is InChI=1S/C17H28BrN3/c1-4-10-19-17-15(18)14(11-12(2)3)20-16(21-17)13-8-6-5-7-9-13/h12-13H,4-11H2,1-3H3,(H,19,20,21). The van der Waals surface area contributed by atoms with Gasteiger partial charge in [0.25, 0.3) is 0 Å². The van der Waals surface area contributed by atoms with E-state index in [1.807, 2.05) is 0 Å². The van der Waals surface area contributed by atoms with E-state index in [1.54, 1.807) is 0 Å². The number of anilines is 1. The third-order valence-electron chi connectivity index (χ3n) is 4.05. The molecule has 0 bridgehead atoms. The summed E-state index contributed by atoms with van der Waals surface area (Å²) in [4.78, 5) is 9.74. The smallest absolute Gasteiger partial charge is 0.144 e. The molecule has 0 atom stereocenters. The van der Waals surface area contributed by atoms with E-state index >= 15 is 0 Å². The Morgan fingerprint density at radius 3 is 2.52 bits per heavy atom.